The molecule has 0 spiro atoms. The van der Waals surface area contributed by atoms with Gasteiger partial charge in [-0.1, -0.05) is 23.7 Å². The van der Waals surface area contributed by atoms with Crippen LogP contribution in [0.3, 0.4) is 0 Å². The van der Waals surface area contributed by atoms with E-state index >= 15 is 0 Å². The number of halogens is 1. The summed E-state index contributed by atoms with van der Waals surface area (Å²) in [7, 11) is 0. The fourth-order valence-electron chi connectivity index (χ4n) is 2.79. The van der Waals surface area contributed by atoms with Crippen molar-refractivity contribution in [2.24, 2.45) is 5.73 Å². The van der Waals surface area contributed by atoms with Crippen LogP contribution in [0.5, 0.6) is 0 Å². The zero-order valence-electron chi connectivity index (χ0n) is 13.6. The maximum absolute atomic E-state index is 11.4. The Balaban J connectivity index is 1.78. The van der Waals surface area contributed by atoms with E-state index in [1.807, 2.05) is 47.3 Å². The molecule has 0 saturated heterocycles. The highest BCUT2D eigenvalue weighted by Gasteiger charge is 2.12. The van der Waals surface area contributed by atoms with E-state index in [0.29, 0.717) is 5.02 Å². The average Bonchev–Trinajstić information content (AvgIpc) is 3.33. The normalized spacial score (nSPS) is 10.8. The second kappa shape index (κ2) is 6.50. The van der Waals surface area contributed by atoms with E-state index in [-0.39, 0.29) is 5.56 Å². The molecule has 0 bridgehead atoms. The lowest BCUT2D eigenvalue weighted by Gasteiger charge is -2.11. The van der Waals surface area contributed by atoms with Gasteiger partial charge in [0.15, 0.2) is 0 Å². The Morgan fingerprint density at radius 1 is 1.00 bits per heavy atom. The molecule has 2 aromatic heterocycles. The number of carbonyl (C=O) groups is 1. The third kappa shape index (κ3) is 2.87. The second-order valence-corrected chi connectivity index (χ2v) is 6.06. The molecule has 2 aromatic carbocycles. The minimum atomic E-state index is -0.556. The number of hydrogen-bond donors (Lipinski definition) is 1. The smallest absolute Gasteiger partial charge is 0.250 e. The molecular formula is C19H14ClN5O. The van der Waals surface area contributed by atoms with E-state index < -0.39 is 5.91 Å². The molecular weight excluding hydrogens is 350 g/mol. The standard InChI is InChI=1S/C19H14ClN5O/c20-17-12-14(5-6-16(17)18(21)26)24-10-8-22-19(24)13-3-1-4-15(11-13)25-9-2-7-23-25/h1-12H,(H2,21,26). The SMILES string of the molecule is NC(=O)c1ccc(-n2ccnc2-c2cccc(-n3cccn3)c2)cc1Cl. The van der Waals surface area contributed by atoms with Crippen molar-refractivity contribution in [2.45, 2.75) is 0 Å². The first-order valence-electron chi connectivity index (χ1n) is 7.87. The number of hydrogen-bond acceptors (Lipinski definition) is 3. The summed E-state index contributed by atoms with van der Waals surface area (Å²) in [4.78, 5) is 15.8. The van der Waals surface area contributed by atoms with Gasteiger partial charge in [-0.15, -0.1) is 0 Å². The van der Waals surface area contributed by atoms with E-state index in [2.05, 4.69) is 10.1 Å². The van der Waals surface area contributed by atoms with Gasteiger partial charge >= 0.3 is 0 Å². The van der Waals surface area contributed by atoms with Crippen molar-refractivity contribution >= 4 is 17.5 Å². The minimum absolute atomic E-state index is 0.290. The lowest BCUT2D eigenvalue weighted by atomic mass is 10.1. The number of primary amides is 1. The lowest BCUT2D eigenvalue weighted by molar-refractivity contribution is 0.100. The number of carbonyl (C=O) groups excluding carboxylic acids is 1. The summed E-state index contributed by atoms with van der Waals surface area (Å²) in [6.45, 7) is 0. The van der Waals surface area contributed by atoms with Crippen LogP contribution in [0.25, 0.3) is 22.8 Å². The Labute approximate surface area is 154 Å². The molecule has 0 fully saturated rings. The summed E-state index contributed by atoms with van der Waals surface area (Å²) in [6.07, 6.45) is 7.17. The summed E-state index contributed by atoms with van der Waals surface area (Å²) in [5.41, 5.74) is 8.26. The molecule has 0 unspecified atom stereocenters. The van der Waals surface area contributed by atoms with Gasteiger partial charge in [0.25, 0.3) is 0 Å². The Bertz CT molecular complexity index is 1090. The van der Waals surface area contributed by atoms with Gasteiger partial charge in [0.1, 0.15) is 5.82 Å². The number of rotatable bonds is 4. The van der Waals surface area contributed by atoms with E-state index in [4.69, 9.17) is 17.3 Å². The number of nitrogens with zero attached hydrogens (tertiary/aromatic N) is 4. The third-order valence-electron chi connectivity index (χ3n) is 4.01. The van der Waals surface area contributed by atoms with Gasteiger partial charge in [-0.05, 0) is 36.4 Å². The van der Waals surface area contributed by atoms with Gasteiger partial charge in [0.2, 0.25) is 5.91 Å². The van der Waals surface area contributed by atoms with Crippen LogP contribution < -0.4 is 5.73 Å². The molecule has 0 radical (unpaired) electrons. The van der Waals surface area contributed by atoms with Crippen LogP contribution in [0.4, 0.5) is 0 Å². The number of amides is 1. The number of imidazole rings is 1. The van der Waals surface area contributed by atoms with Crippen molar-refractivity contribution in [3.05, 3.63) is 83.9 Å². The van der Waals surface area contributed by atoms with Gasteiger partial charge in [-0.3, -0.25) is 9.36 Å². The van der Waals surface area contributed by atoms with Crippen LogP contribution in [0, 0.1) is 0 Å². The Morgan fingerprint density at radius 3 is 2.62 bits per heavy atom. The molecule has 1 amide bonds. The second-order valence-electron chi connectivity index (χ2n) is 5.65. The molecule has 26 heavy (non-hydrogen) atoms. The van der Waals surface area contributed by atoms with Gasteiger partial charge in [-0.2, -0.15) is 5.10 Å². The predicted molar refractivity (Wildman–Crippen MR) is 99.6 cm³/mol. The van der Waals surface area contributed by atoms with E-state index in [1.165, 1.54) is 0 Å². The number of benzene rings is 2. The van der Waals surface area contributed by atoms with Crippen molar-refractivity contribution in [3.8, 4) is 22.8 Å². The highest BCUT2D eigenvalue weighted by atomic mass is 35.5. The topological polar surface area (TPSA) is 78.7 Å². The lowest BCUT2D eigenvalue weighted by Crippen LogP contribution is -2.11. The van der Waals surface area contributed by atoms with Crippen LogP contribution in [0.2, 0.25) is 5.02 Å². The van der Waals surface area contributed by atoms with Gasteiger partial charge in [-0.25, -0.2) is 9.67 Å². The van der Waals surface area contributed by atoms with E-state index in [9.17, 15) is 4.79 Å². The molecule has 0 aliphatic carbocycles. The molecule has 2 heterocycles. The molecule has 6 nitrogen and oxygen atoms in total. The summed E-state index contributed by atoms with van der Waals surface area (Å²) in [5.74, 6) is 0.196. The zero-order chi connectivity index (χ0) is 18.1. The molecule has 7 heteroatoms. The molecule has 4 rings (SSSR count). The van der Waals surface area contributed by atoms with Gasteiger partial charge < -0.3 is 5.73 Å². The largest absolute Gasteiger partial charge is 0.366 e. The summed E-state index contributed by atoms with van der Waals surface area (Å²) in [6, 6.07) is 14.9. The average molecular weight is 364 g/mol. The molecule has 4 aromatic rings. The van der Waals surface area contributed by atoms with Crippen LogP contribution >= 0.6 is 11.6 Å². The molecule has 0 atom stereocenters. The summed E-state index contributed by atoms with van der Waals surface area (Å²) < 4.78 is 3.69. The minimum Gasteiger partial charge on any atom is -0.366 e. The van der Waals surface area contributed by atoms with Crippen molar-refractivity contribution in [3.63, 3.8) is 0 Å². The number of aromatic nitrogens is 4. The Kier molecular flexibility index (Phi) is 4.02. The van der Waals surface area contributed by atoms with Crippen molar-refractivity contribution < 1.29 is 4.79 Å². The van der Waals surface area contributed by atoms with Gasteiger partial charge in [0, 0.05) is 36.0 Å². The van der Waals surface area contributed by atoms with Crippen LogP contribution in [-0.2, 0) is 0 Å². The first kappa shape index (κ1) is 16.1. The van der Waals surface area contributed by atoms with E-state index in [1.54, 1.807) is 35.3 Å². The highest BCUT2D eigenvalue weighted by molar-refractivity contribution is 6.34. The third-order valence-corrected chi connectivity index (χ3v) is 4.32. The van der Waals surface area contributed by atoms with E-state index in [0.717, 1.165) is 22.8 Å². The van der Waals surface area contributed by atoms with Crippen molar-refractivity contribution in [1.82, 2.24) is 19.3 Å². The maximum atomic E-state index is 11.4. The summed E-state index contributed by atoms with van der Waals surface area (Å²) in [5, 5.41) is 4.56. The monoisotopic (exact) mass is 363 g/mol. The molecule has 0 aliphatic rings. The first-order chi connectivity index (χ1) is 12.6. The molecule has 128 valence electrons. The van der Waals surface area contributed by atoms with Gasteiger partial charge in [0.05, 0.1) is 16.3 Å². The van der Waals surface area contributed by atoms with Crippen LogP contribution in [-0.4, -0.2) is 25.2 Å². The van der Waals surface area contributed by atoms with Crippen LogP contribution in [0.1, 0.15) is 10.4 Å². The Hall–Kier alpha value is -3.38. The molecule has 0 saturated carbocycles. The van der Waals surface area contributed by atoms with Crippen molar-refractivity contribution in [1.29, 1.82) is 0 Å². The highest BCUT2D eigenvalue weighted by Crippen LogP contribution is 2.26. The number of nitrogens with two attached hydrogens (primary N) is 1. The molecule has 2 N–H and O–H groups in total. The summed E-state index contributed by atoms with van der Waals surface area (Å²) >= 11 is 6.19. The zero-order valence-corrected chi connectivity index (χ0v) is 14.3. The first-order valence-corrected chi connectivity index (χ1v) is 8.25. The Morgan fingerprint density at radius 2 is 1.88 bits per heavy atom. The fourth-order valence-corrected chi connectivity index (χ4v) is 3.06. The maximum Gasteiger partial charge on any atom is 0.250 e. The molecule has 0 aliphatic heterocycles. The van der Waals surface area contributed by atoms with Crippen LogP contribution in [0.15, 0.2) is 73.3 Å². The quantitative estimate of drug-likeness (QED) is 0.603. The fraction of sp³-hybridized carbons (Fsp3) is 0. The predicted octanol–water partition coefficient (Wildman–Crippen LogP) is 3.48. The van der Waals surface area contributed by atoms with Crippen molar-refractivity contribution in [2.75, 3.05) is 0 Å².